The summed E-state index contributed by atoms with van der Waals surface area (Å²) in [6, 6.07) is 12.0. The van der Waals surface area contributed by atoms with Gasteiger partial charge in [-0.15, -0.1) is 0 Å². The van der Waals surface area contributed by atoms with Crippen LogP contribution in [0.3, 0.4) is 0 Å². The van der Waals surface area contributed by atoms with Crippen LogP contribution < -0.4 is 5.32 Å². The average Bonchev–Trinajstić information content (AvgIpc) is 2.63. The number of aromatic nitrogens is 2. The molecular formula is C20H16FN3O. The summed E-state index contributed by atoms with van der Waals surface area (Å²) in [5.41, 5.74) is 3.26. The summed E-state index contributed by atoms with van der Waals surface area (Å²) in [7, 11) is 0. The number of hydrogen-bond acceptors (Lipinski definition) is 4. The molecule has 1 N–H and O–H groups in total. The van der Waals surface area contributed by atoms with E-state index in [2.05, 4.69) is 15.3 Å². The van der Waals surface area contributed by atoms with Gasteiger partial charge in [-0.25, -0.2) is 9.37 Å². The molecule has 2 heterocycles. The van der Waals surface area contributed by atoms with Crippen molar-refractivity contribution in [2.75, 3.05) is 5.32 Å². The molecule has 25 heavy (non-hydrogen) atoms. The number of Topliss-reactive ketones (excluding diaryl/α,β-unsaturated/α-hetero) is 1. The lowest BCUT2D eigenvalue weighted by Crippen LogP contribution is -2.13. The number of nitrogens with one attached hydrogen (secondary N) is 1. The summed E-state index contributed by atoms with van der Waals surface area (Å²) in [4.78, 5) is 20.5. The molecule has 124 valence electrons. The fourth-order valence-corrected chi connectivity index (χ4v) is 3.14. The lowest BCUT2D eigenvalue weighted by Gasteiger charge is -2.16. The summed E-state index contributed by atoms with van der Waals surface area (Å²) < 4.78 is 14.4. The van der Waals surface area contributed by atoms with Crippen molar-refractivity contribution in [1.29, 1.82) is 0 Å². The number of aryl methyl sites for hydroxylation is 1. The molecule has 0 saturated heterocycles. The van der Waals surface area contributed by atoms with Crippen LogP contribution in [0, 0.1) is 5.82 Å². The number of anilines is 2. The molecule has 4 rings (SSSR count). The monoisotopic (exact) mass is 333 g/mol. The van der Waals surface area contributed by atoms with Crippen LogP contribution in [-0.2, 0) is 6.42 Å². The van der Waals surface area contributed by atoms with Crippen molar-refractivity contribution in [3.63, 3.8) is 0 Å². The van der Waals surface area contributed by atoms with E-state index in [4.69, 9.17) is 0 Å². The van der Waals surface area contributed by atoms with Crippen molar-refractivity contribution in [2.24, 2.45) is 0 Å². The topological polar surface area (TPSA) is 54.9 Å². The molecule has 0 unspecified atom stereocenters. The van der Waals surface area contributed by atoms with Crippen LogP contribution >= 0.6 is 0 Å². The quantitative estimate of drug-likeness (QED) is 0.764. The largest absolute Gasteiger partial charge is 0.340 e. The zero-order valence-corrected chi connectivity index (χ0v) is 13.5. The van der Waals surface area contributed by atoms with Crippen LogP contribution in [0.25, 0.3) is 11.1 Å². The van der Waals surface area contributed by atoms with Gasteiger partial charge in [0.1, 0.15) is 11.6 Å². The van der Waals surface area contributed by atoms with Gasteiger partial charge in [0.05, 0.1) is 11.4 Å². The van der Waals surface area contributed by atoms with E-state index >= 15 is 0 Å². The van der Waals surface area contributed by atoms with Crippen LogP contribution in [0.1, 0.15) is 28.9 Å². The number of carbonyl (C=O) groups is 1. The molecule has 0 bridgehead atoms. The maximum atomic E-state index is 14.4. The zero-order valence-electron chi connectivity index (χ0n) is 13.5. The van der Waals surface area contributed by atoms with Gasteiger partial charge in [0, 0.05) is 35.5 Å². The van der Waals surface area contributed by atoms with Crippen molar-refractivity contribution in [1.82, 2.24) is 9.97 Å². The van der Waals surface area contributed by atoms with Crippen LogP contribution in [0.4, 0.5) is 15.9 Å². The van der Waals surface area contributed by atoms with Gasteiger partial charge in [-0.05, 0) is 43.2 Å². The van der Waals surface area contributed by atoms with E-state index in [9.17, 15) is 9.18 Å². The minimum atomic E-state index is -0.328. The van der Waals surface area contributed by atoms with Gasteiger partial charge in [0.2, 0.25) is 0 Å². The first-order valence-electron chi connectivity index (χ1n) is 8.21. The van der Waals surface area contributed by atoms with Gasteiger partial charge in [-0.2, -0.15) is 0 Å². The Labute approximate surface area is 144 Å². The van der Waals surface area contributed by atoms with E-state index in [1.807, 2.05) is 6.07 Å². The Hall–Kier alpha value is -3.08. The SMILES string of the molecule is O=C1CCCc2nc(Nc3cccc(F)c3-c3cccnc3)ccc21. The van der Waals surface area contributed by atoms with E-state index in [0.29, 0.717) is 34.6 Å². The molecule has 1 aliphatic rings. The first kappa shape index (κ1) is 15.4. The van der Waals surface area contributed by atoms with Gasteiger partial charge in [-0.3, -0.25) is 9.78 Å². The van der Waals surface area contributed by atoms with E-state index in [-0.39, 0.29) is 11.6 Å². The summed E-state index contributed by atoms with van der Waals surface area (Å²) in [5.74, 6) is 0.414. The van der Waals surface area contributed by atoms with E-state index in [1.54, 1.807) is 42.7 Å². The smallest absolute Gasteiger partial charge is 0.164 e. The van der Waals surface area contributed by atoms with Gasteiger partial charge in [0.25, 0.3) is 0 Å². The number of ketones is 1. The van der Waals surface area contributed by atoms with Crippen LogP contribution in [0.15, 0.2) is 54.9 Å². The van der Waals surface area contributed by atoms with Gasteiger partial charge >= 0.3 is 0 Å². The van der Waals surface area contributed by atoms with Crippen LogP contribution in [0.2, 0.25) is 0 Å². The number of carbonyl (C=O) groups excluding carboxylic acids is 1. The maximum Gasteiger partial charge on any atom is 0.164 e. The molecule has 0 spiro atoms. The number of halogens is 1. The number of fused-ring (bicyclic) bond motifs is 1. The van der Waals surface area contributed by atoms with Crippen molar-refractivity contribution in [3.8, 4) is 11.1 Å². The van der Waals surface area contributed by atoms with Crippen molar-refractivity contribution < 1.29 is 9.18 Å². The Bertz CT molecular complexity index is 941. The lowest BCUT2D eigenvalue weighted by atomic mass is 9.95. The molecule has 5 heteroatoms. The van der Waals surface area contributed by atoms with Crippen molar-refractivity contribution in [2.45, 2.75) is 19.3 Å². The van der Waals surface area contributed by atoms with E-state index < -0.39 is 0 Å². The minimum absolute atomic E-state index is 0.141. The highest BCUT2D eigenvalue weighted by atomic mass is 19.1. The summed E-state index contributed by atoms with van der Waals surface area (Å²) >= 11 is 0. The second kappa shape index (κ2) is 6.43. The number of rotatable bonds is 3. The summed E-state index contributed by atoms with van der Waals surface area (Å²) in [6.45, 7) is 0. The van der Waals surface area contributed by atoms with Crippen molar-refractivity contribution in [3.05, 3.63) is 71.9 Å². The molecule has 4 nitrogen and oxygen atoms in total. The summed E-state index contributed by atoms with van der Waals surface area (Å²) in [6.07, 6.45) is 5.47. The molecule has 1 aliphatic carbocycles. The fourth-order valence-electron chi connectivity index (χ4n) is 3.14. The highest BCUT2D eigenvalue weighted by Gasteiger charge is 2.19. The molecule has 1 aromatic carbocycles. The highest BCUT2D eigenvalue weighted by Crippen LogP contribution is 2.32. The highest BCUT2D eigenvalue weighted by molar-refractivity contribution is 5.98. The predicted octanol–water partition coefficient (Wildman–Crippen LogP) is 4.55. The number of nitrogens with zero attached hydrogens (tertiary/aromatic N) is 2. The molecule has 2 aromatic heterocycles. The third kappa shape index (κ3) is 3.01. The first-order valence-corrected chi connectivity index (χ1v) is 8.21. The molecule has 0 radical (unpaired) electrons. The Kier molecular flexibility index (Phi) is 3.98. The second-order valence-corrected chi connectivity index (χ2v) is 6.00. The van der Waals surface area contributed by atoms with Crippen LogP contribution in [-0.4, -0.2) is 15.8 Å². The Balaban J connectivity index is 1.73. The van der Waals surface area contributed by atoms with Crippen molar-refractivity contribution >= 4 is 17.3 Å². The van der Waals surface area contributed by atoms with E-state index in [0.717, 1.165) is 18.5 Å². The van der Waals surface area contributed by atoms with Gasteiger partial charge in [-0.1, -0.05) is 12.1 Å². The minimum Gasteiger partial charge on any atom is -0.340 e. The summed E-state index contributed by atoms with van der Waals surface area (Å²) in [5, 5.41) is 3.19. The molecule has 0 aliphatic heterocycles. The first-order chi connectivity index (χ1) is 12.2. The number of hydrogen-bond donors (Lipinski definition) is 1. The van der Waals surface area contributed by atoms with Crippen LogP contribution in [0.5, 0.6) is 0 Å². The fraction of sp³-hybridized carbons (Fsp3) is 0.150. The predicted molar refractivity (Wildman–Crippen MR) is 94.4 cm³/mol. The average molecular weight is 333 g/mol. The third-order valence-corrected chi connectivity index (χ3v) is 4.32. The lowest BCUT2D eigenvalue weighted by molar-refractivity contribution is 0.0971. The molecule has 0 fully saturated rings. The zero-order chi connectivity index (χ0) is 17.2. The molecular weight excluding hydrogens is 317 g/mol. The van der Waals surface area contributed by atoms with Gasteiger partial charge < -0.3 is 5.32 Å². The Morgan fingerprint density at radius 2 is 1.96 bits per heavy atom. The maximum absolute atomic E-state index is 14.4. The Morgan fingerprint density at radius 3 is 2.80 bits per heavy atom. The van der Waals surface area contributed by atoms with E-state index in [1.165, 1.54) is 6.07 Å². The molecule has 0 amide bonds. The van der Waals surface area contributed by atoms with Gasteiger partial charge in [0.15, 0.2) is 5.78 Å². The molecule has 3 aromatic rings. The second-order valence-electron chi connectivity index (χ2n) is 6.00. The number of pyridine rings is 2. The normalized spacial score (nSPS) is 13.4. The number of benzene rings is 1. The standard InChI is InChI=1S/C20H16FN3O/c21-15-5-1-7-17(20(15)13-4-3-11-22-12-13)24-19-10-9-14-16(23-19)6-2-8-18(14)25/h1,3-5,7,9-12H,2,6,8H2,(H,23,24). The Morgan fingerprint density at radius 1 is 1.04 bits per heavy atom. The third-order valence-electron chi connectivity index (χ3n) is 4.32. The molecule has 0 atom stereocenters. The molecule has 0 saturated carbocycles.